The molecule has 1 aliphatic carbocycles. The van der Waals surface area contributed by atoms with Gasteiger partial charge in [-0.2, -0.15) is 0 Å². The molecular formula is C25H24ClNO4. The molecule has 160 valence electrons. The van der Waals surface area contributed by atoms with E-state index in [1.807, 2.05) is 55.5 Å². The lowest BCUT2D eigenvalue weighted by Gasteiger charge is -2.37. The van der Waals surface area contributed by atoms with Gasteiger partial charge in [0.1, 0.15) is 5.75 Å². The summed E-state index contributed by atoms with van der Waals surface area (Å²) >= 11 is 6.03. The van der Waals surface area contributed by atoms with Gasteiger partial charge < -0.3 is 14.8 Å². The number of hydrogen-bond donors (Lipinski definition) is 1. The number of esters is 1. The summed E-state index contributed by atoms with van der Waals surface area (Å²) in [6, 6.07) is 15.1. The van der Waals surface area contributed by atoms with Crippen LogP contribution in [0.3, 0.4) is 0 Å². The van der Waals surface area contributed by atoms with Crippen molar-refractivity contribution in [2.45, 2.75) is 31.6 Å². The molecule has 0 bridgehead atoms. The lowest BCUT2D eigenvalue weighted by Crippen LogP contribution is -2.36. The van der Waals surface area contributed by atoms with E-state index in [1.165, 1.54) is 7.11 Å². The third-order valence-corrected chi connectivity index (χ3v) is 6.28. The number of ketones is 1. The highest BCUT2D eigenvalue weighted by Gasteiger charge is 2.42. The summed E-state index contributed by atoms with van der Waals surface area (Å²) in [5, 5.41) is 4.00. The number of methoxy groups -OCH3 is 2. The van der Waals surface area contributed by atoms with Gasteiger partial charge >= 0.3 is 5.97 Å². The Kier molecular flexibility index (Phi) is 5.88. The highest BCUT2D eigenvalue weighted by Crippen LogP contribution is 2.47. The van der Waals surface area contributed by atoms with Crippen LogP contribution in [0.5, 0.6) is 5.75 Å². The summed E-state index contributed by atoms with van der Waals surface area (Å²) in [4.78, 5) is 26.2. The molecule has 2 aromatic rings. The minimum Gasteiger partial charge on any atom is -0.496 e. The lowest BCUT2D eigenvalue weighted by atomic mass is 9.71. The zero-order valence-electron chi connectivity index (χ0n) is 17.7. The topological polar surface area (TPSA) is 64.6 Å². The molecule has 2 aromatic carbocycles. The van der Waals surface area contributed by atoms with Crippen molar-refractivity contribution in [3.05, 3.63) is 87.2 Å². The van der Waals surface area contributed by atoms with Crippen LogP contribution in [0.1, 0.15) is 42.7 Å². The number of allylic oxidation sites excluding steroid dienone is 3. The van der Waals surface area contributed by atoms with Gasteiger partial charge in [0.15, 0.2) is 5.78 Å². The number of halogens is 1. The van der Waals surface area contributed by atoms with E-state index in [0.717, 1.165) is 16.8 Å². The second kappa shape index (κ2) is 8.60. The maximum Gasteiger partial charge on any atom is 0.336 e. The third-order valence-electron chi connectivity index (χ3n) is 6.02. The van der Waals surface area contributed by atoms with Gasteiger partial charge in [0, 0.05) is 34.0 Å². The van der Waals surface area contributed by atoms with Crippen molar-refractivity contribution in [1.29, 1.82) is 0 Å². The molecule has 2 atom stereocenters. The molecule has 31 heavy (non-hydrogen) atoms. The van der Waals surface area contributed by atoms with Gasteiger partial charge in [-0.3, -0.25) is 4.79 Å². The fraction of sp³-hybridized carbons (Fsp3) is 0.280. The summed E-state index contributed by atoms with van der Waals surface area (Å²) in [6.07, 6.45) is 1.03. The summed E-state index contributed by atoms with van der Waals surface area (Å²) in [5.74, 6) is -0.318. The van der Waals surface area contributed by atoms with E-state index < -0.39 is 11.9 Å². The van der Waals surface area contributed by atoms with Crippen molar-refractivity contribution >= 4 is 23.4 Å². The number of carbonyl (C=O) groups is 2. The van der Waals surface area contributed by atoms with Crippen molar-refractivity contribution in [3.63, 3.8) is 0 Å². The van der Waals surface area contributed by atoms with Crippen LogP contribution in [0.15, 0.2) is 71.1 Å². The second-order valence-corrected chi connectivity index (χ2v) is 8.24. The minimum absolute atomic E-state index is 0.0125. The average molecular weight is 438 g/mol. The van der Waals surface area contributed by atoms with Crippen LogP contribution in [-0.4, -0.2) is 26.0 Å². The Morgan fingerprint density at radius 3 is 2.45 bits per heavy atom. The maximum atomic E-state index is 13.5. The van der Waals surface area contributed by atoms with E-state index in [9.17, 15) is 9.59 Å². The second-order valence-electron chi connectivity index (χ2n) is 7.80. The van der Waals surface area contributed by atoms with Gasteiger partial charge in [0.05, 0.1) is 25.7 Å². The quantitative estimate of drug-likeness (QED) is 0.690. The largest absolute Gasteiger partial charge is 0.496 e. The van der Waals surface area contributed by atoms with Crippen molar-refractivity contribution in [2.75, 3.05) is 14.2 Å². The van der Waals surface area contributed by atoms with Crippen molar-refractivity contribution in [1.82, 2.24) is 5.32 Å². The Labute approximate surface area is 186 Å². The number of nitrogens with one attached hydrogen (secondary N) is 1. The lowest BCUT2D eigenvalue weighted by molar-refractivity contribution is -0.136. The first-order chi connectivity index (χ1) is 14.9. The molecule has 6 heteroatoms. The van der Waals surface area contributed by atoms with Crippen LogP contribution in [0, 0.1) is 0 Å². The van der Waals surface area contributed by atoms with Crippen molar-refractivity contribution in [3.8, 4) is 5.75 Å². The fourth-order valence-corrected chi connectivity index (χ4v) is 4.73. The van der Waals surface area contributed by atoms with Gasteiger partial charge in [-0.05, 0) is 43.0 Å². The van der Waals surface area contributed by atoms with E-state index in [2.05, 4.69) is 5.32 Å². The number of para-hydroxylation sites is 1. The Bertz CT molecular complexity index is 1100. The molecule has 0 saturated carbocycles. The molecule has 4 rings (SSSR count). The van der Waals surface area contributed by atoms with Crippen LogP contribution >= 0.6 is 11.6 Å². The third kappa shape index (κ3) is 3.86. The van der Waals surface area contributed by atoms with Crippen molar-refractivity contribution < 1.29 is 19.1 Å². The van der Waals surface area contributed by atoms with Crippen molar-refractivity contribution in [2.24, 2.45) is 0 Å². The monoisotopic (exact) mass is 437 g/mol. The highest BCUT2D eigenvalue weighted by atomic mass is 35.5. The Hall–Kier alpha value is -3.05. The molecular weight excluding hydrogens is 414 g/mol. The molecule has 0 spiro atoms. The first-order valence-electron chi connectivity index (χ1n) is 10.1. The van der Waals surface area contributed by atoms with E-state index >= 15 is 0 Å². The van der Waals surface area contributed by atoms with E-state index in [1.54, 1.807) is 7.11 Å². The average Bonchev–Trinajstić information content (AvgIpc) is 2.78. The predicted octanol–water partition coefficient (Wildman–Crippen LogP) is 4.88. The molecule has 1 N–H and O–H groups in total. The number of dihydropyridines is 1. The van der Waals surface area contributed by atoms with Crippen LogP contribution in [0.4, 0.5) is 0 Å². The van der Waals surface area contributed by atoms with Gasteiger partial charge in [0.25, 0.3) is 0 Å². The van der Waals surface area contributed by atoms with Crippen LogP contribution in [0.2, 0.25) is 5.02 Å². The molecule has 1 aliphatic heterocycles. The van der Waals surface area contributed by atoms with E-state index in [4.69, 9.17) is 21.1 Å². The number of carbonyl (C=O) groups excluding carboxylic acids is 2. The maximum absolute atomic E-state index is 13.5. The molecule has 5 nitrogen and oxygen atoms in total. The first-order valence-corrected chi connectivity index (χ1v) is 10.5. The molecule has 0 unspecified atom stereocenters. The zero-order valence-corrected chi connectivity index (χ0v) is 18.5. The number of hydrogen-bond acceptors (Lipinski definition) is 5. The normalized spacial score (nSPS) is 20.8. The van der Waals surface area contributed by atoms with Gasteiger partial charge in [0.2, 0.25) is 0 Å². The molecule has 2 aliphatic rings. The Morgan fingerprint density at radius 1 is 1.06 bits per heavy atom. The van der Waals surface area contributed by atoms with Gasteiger partial charge in [-0.25, -0.2) is 4.79 Å². The number of Topliss-reactive ketones (excluding diaryl/α,β-unsaturated/α-hetero) is 1. The Balaban J connectivity index is 1.83. The highest BCUT2D eigenvalue weighted by molar-refractivity contribution is 6.30. The SMILES string of the molecule is COC(=O)C1=C(C)NC2=C(C(=O)C[C@@H](c3ccc(Cl)cc3)C2)[C@H]1c1ccccc1OC. The van der Waals surface area contributed by atoms with Gasteiger partial charge in [-0.1, -0.05) is 41.9 Å². The van der Waals surface area contributed by atoms with E-state index in [-0.39, 0.29) is 11.7 Å². The molecule has 0 radical (unpaired) electrons. The molecule has 0 fully saturated rings. The fourth-order valence-electron chi connectivity index (χ4n) is 4.61. The zero-order chi connectivity index (χ0) is 22.1. The van der Waals surface area contributed by atoms with E-state index in [0.29, 0.717) is 40.5 Å². The Morgan fingerprint density at radius 2 is 1.77 bits per heavy atom. The smallest absolute Gasteiger partial charge is 0.336 e. The molecule has 0 amide bonds. The summed E-state index contributed by atoms with van der Waals surface area (Å²) < 4.78 is 10.6. The molecule has 0 aromatic heterocycles. The summed E-state index contributed by atoms with van der Waals surface area (Å²) in [6.45, 7) is 1.84. The van der Waals surface area contributed by atoms with Crippen LogP contribution in [0.25, 0.3) is 0 Å². The number of ether oxygens (including phenoxy) is 2. The van der Waals surface area contributed by atoms with Crippen LogP contribution < -0.4 is 10.1 Å². The molecule has 0 saturated heterocycles. The number of benzene rings is 2. The standard InChI is InChI=1S/C25H24ClNO4/c1-14-22(25(29)31-3)23(18-6-4-5-7-21(18)30-2)24-19(27-14)12-16(13-20(24)28)15-8-10-17(26)11-9-15/h4-11,16,23,27H,12-13H2,1-3H3/t16-,23-/m0/s1. The first kappa shape index (κ1) is 21.2. The number of rotatable bonds is 4. The predicted molar refractivity (Wildman–Crippen MR) is 119 cm³/mol. The van der Waals surface area contributed by atoms with Crippen LogP contribution in [-0.2, 0) is 14.3 Å². The summed E-state index contributed by atoms with van der Waals surface area (Å²) in [7, 11) is 2.94. The summed E-state index contributed by atoms with van der Waals surface area (Å²) in [5.41, 5.74) is 4.42. The minimum atomic E-state index is -0.543. The molecule has 1 heterocycles. The van der Waals surface area contributed by atoms with Gasteiger partial charge in [-0.15, -0.1) is 0 Å².